The van der Waals surface area contributed by atoms with Gasteiger partial charge in [0.05, 0.1) is 13.2 Å². The Morgan fingerprint density at radius 1 is 1.24 bits per heavy atom. The first-order valence-electron chi connectivity index (χ1n) is 6.64. The second-order valence-corrected chi connectivity index (χ2v) is 4.33. The van der Waals surface area contributed by atoms with Crippen LogP contribution in [0, 0.1) is 0 Å². The van der Waals surface area contributed by atoms with E-state index in [0.29, 0.717) is 24.7 Å². The fraction of sp³-hybridized carbons (Fsp3) is 0.357. The largest absolute Gasteiger partial charge is 0.494 e. The molecule has 2 rings (SSSR count). The Hall–Kier alpha value is -2.57. The Labute approximate surface area is 122 Å². The second-order valence-electron chi connectivity index (χ2n) is 4.33. The molecule has 21 heavy (non-hydrogen) atoms. The van der Waals surface area contributed by atoms with Gasteiger partial charge in [-0.1, -0.05) is 0 Å². The fourth-order valence-corrected chi connectivity index (χ4v) is 1.64. The highest BCUT2D eigenvalue weighted by atomic mass is 16.5. The van der Waals surface area contributed by atoms with E-state index in [9.17, 15) is 4.79 Å². The van der Waals surface area contributed by atoms with Gasteiger partial charge in [0, 0.05) is 7.05 Å². The predicted molar refractivity (Wildman–Crippen MR) is 76.0 cm³/mol. The lowest BCUT2D eigenvalue weighted by molar-refractivity contribution is -0.123. The van der Waals surface area contributed by atoms with E-state index in [1.807, 2.05) is 14.0 Å². The number of nitrogens with one attached hydrogen (secondary N) is 1. The highest BCUT2D eigenvalue weighted by molar-refractivity contribution is 5.77. The van der Waals surface area contributed by atoms with Crippen LogP contribution in [-0.4, -0.2) is 33.9 Å². The molecule has 0 atom stereocenters. The van der Waals surface area contributed by atoms with Crippen molar-refractivity contribution in [3.05, 3.63) is 36.4 Å². The Balaban J connectivity index is 1.74. The Morgan fingerprint density at radius 3 is 2.48 bits per heavy atom. The molecule has 0 aliphatic rings. The van der Waals surface area contributed by atoms with Gasteiger partial charge in [0.25, 0.3) is 5.91 Å². The standard InChI is InChI=1S/C14H18N4O3/c1-3-20-11-4-6-12(7-5-11)21-9-14(19)15-8-13-17-16-10-18(13)2/h4-7,10H,3,8-9H2,1-2H3,(H,15,19). The van der Waals surface area contributed by atoms with Crippen molar-refractivity contribution >= 4 is 5.91 Å². The molecule has 7 nitrogen and oxygen atoms in total. The predicted octanol–water partition coefficient (Wildman–Crippen LogP) is 0.909. The summed E-state index contributed by atoms with van der Waals surface area (Å²) in [5.74, 6) is 1.86. The first kappa shape index (κ1) is 14.8. The number of carbonyl (C=O) groups is 1. The van der Waals surface area contributed by atoms with Gasteiger partial charge < -0.3 is 19.4 Å². The van der Waals surface area contributed by atoms with Crippen LogP contribution in [-0.2, 0) is 18.4 Å². The number of amides is 1. The average molecular weight is 290 g/mol. The molecule has 112 valence electrons. The summed E-state index contributed by atoms with van der Waals surface area (Å²) in [5.41, 5.74) is 0. The minimum atomic E-state index is -0.216. The van der Waals surface area contributed by atoms with E-state index in [4.69, 9.17) is 9.47 Å². The van der Waals surface area contributed by atoms with E-state index in [1.165, 1.54) is 0 Å². The smallest absolute Gasteiger partial charge is 0.258 e. The monoisotopic (exact) mass is 290 g/mol. The van der Waals surface area contributed by atoms with Gasteiger partial charge in [0.2, 0.25) is 0 Å². The molecule has 0 radical (unpaired) electrons. The van der Waals surface area contributed by atoms with Gasteiger partial charge in [-0.3, -0.25) is 4.79 Å². The molecule has 0 aliphatic carbocycles. The average Bonchev–Trinajstić information content (AvgIpc) is 2.90. The van der Waals surface area contributed by atoms with E-state index in [0.717, 1.165) is 5.75 Å². The number of carbonyl (C=O) groups excluding carboxylic acids is 1. The molecule has 1 heterocycles. The maximum absolute atomic E-state index is 11.7. The van der Waals surface area contributed by atoms with Gasteiger partial charge in [0.1, 0.15) is 17.8 Å². The first-order valence-corrected chi connectivity index (χ1v) is 6.64. The molecule has 0 bridgehead atoms. The summed E-state index contributed by atoms with van der Waals surface area (Å²) in [5, 5.41) is 10.3. The zero-order chi connectivity index (χ0) is 15.1. The van der Waals surface area contributed by atoms with E-state index in [1.54, 1.807) is 35.2 Å². The number of ether oxygens (including phenoxy) is 2. The van der Waals surface area contributed by atoms with Crippen LogP contribution < -0.4 is 14.8 Å². The van der Waals surface area contributed by atoms with Crippen molar-refractivity contribution in [2.75, 3.05) is 13.2 Å². The molecule has 0 aliphatic heterocycles. The Morgan fingerprint density at radius 2 is 1.90 bits per heavy atom. The third kappa shape index (κ3) is 4.48. The number of aryl methyl sites for hydroxylation is 1. The number of hydrogen-bond donors (Lipinski definition) is 1. The van der Waals surface area contributed by atoms with E-state index < -0.39 is 0 Å². The molecular formula is C14H18N4O3. The molecule has 0 unspecified atom stereocenters. The molecule has 0 fully saturated rings. The molecule has 7 heteroatoms. The topological polar surface area (TPSA) is 78.3 Å². The van der Waals surface area contributed by atoms with E-state index >= 15 is 0 Å². The highest BCUT2D eigenvalue weighted by Gasteiger charge is 2.06. The number of aromatic nitrogens is 3. The van der Waals surface area contributed by atoms with Gasteiger partial charge in [-0.2, -0.15) is 0 Å². The van der Waals surface area contributed by atoms with Crippen molar-refractivity contribution in [1.29, 1.82) is 0 Å². The van der Waals surface area contributed by atoms with E-state index in [2.05, 4.69) is 15.5 Å². The van der Waals surface area contributed by atoms with Crippen molar-refractivity contribution in [3.63, 3.8) is 0 Å². The number of hydrogen-bond acceptors (Lipinski definition) is 5. The van der Waals surface area contributed by atoms with Crippen molar-refractivity contribution < 1.29 is 14.3 Å². The molecule has 1 aromatic carbocycles. The number of benzene rings is 1. The summed E-state index contributed by atoms with van der Waals surface area (Å²) in [6, 6.07) is 7.13. The maximum Gasteiger partial charge on any atom is 0.258 e. The third-order valence-electron chi connectivity index (χ3n) is 2.75. The lowest BCUT2D eigenvalue weighted by Gasteiger charge is -2.08. The van der Waals surface area contributed by atoms with Crippen LogP contribution >= 0.6 is 0 Å². The Bertz CT molecular complexity index is 580. The summed E-state index contributed by atoms with van der Waals surface area (Å²) in [6.45, 7) is 2.81. The maximum atomic E-state index is 11.7. The summed E-state index contributed by atoms with van der Waals surface area (Å²) in [7, 11) is 1.82. The van der Waals surface area contributed by atoms with Gasteiger partial charge in [-0.05, 0) is 31.2 Å². The van der Waals surface area contributed by atoms with Crippen LogP contribution in [0.5, 0.6) is 11.5 Å². The molecule has 0 spiro atoms. The zero-order valence-corrected chi connectivity index (χ0v) is 12.1. The van der Waals surface area contributed by atoms with Gasteiger partial charge in [-0.25, -0.2) is 0 Å². The van der Waals surface area contributed by atoms with Crippen molar-refractivity contribution in [2.45, 2.75) is 13.5 Å². The van der Waals surface area contributed by atoms with E-state index in [-0.39, 0.29) is 12.5 Å². The minimum Gasteiger partial charge on any atom is -0.494 e. The quantitative estimate of drug-likeness (QED) is 0.820. The highest BCUT2D eigenvalue weighted by Crippen LogP contribution is 2.17. The van der Waals surface area contributed by atoms with Crippen LogP contribution in [0.1, 0.15) is 12.7 Å². The molecular weight excluding hydrogens is 272 g/mol. The van der Waals surface area contributed by atoms with Crippen LogP contribution in [0.3, 0.4) is 0 Å². The lowest BCUT2D eigenvalue weighted by Crippen LogP contribution is -2.29. The van der Waals surface area contributed by atoms with Crippen LogP contribution in [0.2, 0.25) is 0 Å². The fourth-order valence-electron chi connectivity index (χ4n) is 1.64. The summed E-state index contributed by atoms with van der Waals surface area (Å²) in [4.78, 5) is 11.7. The van der Waals surface area contributed by atoms with Gasteiger partial charge in [-0.15, -0.1) is 10.2 Å². The number of rotatable bonds is 7. The molecule has 1 N–H and O–H groups in total. The van der Waals surface area contributed by atoms with Crippen LogP contribution in [0.15, 0.2) is 30.6 Å². The molecule has 1 aromatic heterocycles. The minimum absolute atomic E-state index is 0.0498. The normalized spacial score (nSPS) is 10.2. The third-order valence-corrected chi connectivity index (χ3v) is 2.75. The summed E-state index contributed by atoms with van der Waals surface area (Å²) >= 11 is 0. The molecule has 0 saturated carbocycles. The molecule has 2 aromatic rings. The van der Waals surface area contributed by atoms with Crippen LogP contribution in [0.25, 0.3) is 0 Å². The van der Waals surface area contributed by atoms with Crippen molar-refractivity contribution in [3.8, 4) is 11.5 Å². The lowest BCUT2D eigenvalue weighted by atomic mass is 10.3. The second kappa shape index (κ2) is 7.28. The van der Waals surface area contributed by atoms with Crippen molar-refractivity contribution in [2.24, 2.45) is 7.05 Å². The Kier molecular flexibility index (Phi) is 5.14. The zero-order valence-electron chi connectivity index (χ0n) is 12.1. The molecule has 0 saturated heterocycles. The summed E-state index contributed by atoms with van der Waals surface area (Å²) in [6.07, 6.45) is 1.58. The number of nitrogens with zero attached hydrogens (tertiary/aromatic N) is 3. The van der Waals surface area contributed by atoms with Gasteiger partial charge in [0.15, 0.2) is 12.4 Å². The summed E-state index contributed by atoms with van der Waals surface area (Å²) < 4.78 is 12.5. The van der Waals surface area contributed by atoms with Crippen molar-refractivity contribution in [1.82, 2.24) is 20.1 Å². The molecule has 1 amide bonds. The van der Waals surface area contributed by atoms with Gasteiger partial charge >= 0.3 is 0 Å². The SMILES string of the molecule is CCOc1ccc(OCC(=O)NCc2nncn2C)cc1. The van der Waals surface area contributed by atoms with Crippen LogP contribution in [0.4, 0.5) is 0 Å². The first-order chi connectivity index (χ1) is 10.2.